The summed E-state index contributed by atoms with van der Waals surface area (Å²) < 4.78 is 0. The second-order valence-corrected chi connectivity index (χ2v) is 5.63. The molecule has 0 unspecified atom stereocenters. The third-order valence-corrected chi connectivity index (χ3v) is 3.96. The minimum Gasteiger partial charge on any atom is -0.370 e. The van der Waals surface area contributed by atoms with E-state index in [9.17, 15) is 4.79 Å². The Morgan fingerprint density at radius 2 is 2.00 bits per heavy atom. The standard InChI is InChI=1S/C18H18N4O/c19-11-14-5-4-6-16(9-14)21-18(23)15-10-17(13-20-12-15)22-7-2-1-3-8-22/h4-6,9-10,12-13H,1-3,7-8H2,(H,21,23). The molecule has 0 saturated carbocycles. The highest BCUT2D eigenvalue weighted by atomic mass is 16.1. The first-order chi connectivity index (χ1) is 11.3. The highest BCUT2D eigenvalue weighted by Gasteiger charge is 2.14. The lowest BCUT2D eigenvalue weighted by Crippen LogP contribution is -2.29. The van der Waals surface area contributed by atoms with Gasteiger partial charge in [0.2, 0.25) is 0 Å². The molecule has 3 rings (SSSR count). The zero-order valence-electron chi connectivity index (χ0n) is 12.8. The van der Waals surface area contributed by atoms with Crippen molar-refractivity contribution in [2.75, 3.05) is 23.3 Å². The van der Waals surface area contributed by atoms with Crippen LogP contribution in [0.15, 0.2) is 42.7 Å². The van der Waals surface area contributed by atoms with E-state index >= 15 is 0 Å². The Labute approximate surface area is 135 Å². The van der Waals surface area contributed by atoms with Crippen molar-refractivity contribution >= 4 is 17.3 Å². The summed E-state index contributed by atoms with van der Waals surface area (Å²) in [5.41, 5.74) is 2.64. The number of pyridine rings is 1. The first-order valence-corrected chi connectivity index (χ1v) is 7.78. The van der Waals surface area contributed by atoms with Crippen LogP contribution in [0.25, 0.3) is 0 Å². The number of nitrogens with one attached hydrogen (secondary N) is 1. The summed E-state index contributed by atoms with van der Waals surface area (Å²) in [6.45, 7) is 2.02. The number of hydrogen-bond acceptors (Lipinski definition) is 4. The zero-order chi connectivity index (χ0) is 16.1. The van der Waals surface area contributed by atoms with Gasteiger partial charge in [-0.1, -0.05) is 6.07 Å². The minimum absolute atomic E-state index is 0.216. The first-order valence-electron chi connectivity index (χ1n) is 7.78. The monoisotopic (exact) mass is 306 g/mol. The van der Waals surface area contributed by atoms with Crippen molar-refractivity contribution in [1.82, 2.24) is 4.98 Å². The number of anilines is 2. The normalized spacial score (nSPS) is 14.1. The predicted octanol–water partition coefficient (Wildman–Crippen LogP) is 3.20. The van der Waals surface area contributed by atoms with E-state index in [-0.39, 0.29) is 5.91 Å². The summed E-state index contributed by atoms with van der Waals surface area (Å²) in [4.78, 5) is 18.9. The lowest BCUT2D eigenvalue weighted by molar-refractivity contribution is 0.102. The number of carbonyl (C=O) groups excluding carboxylic acids is 1. The molecule has 0 atom stereocenters. The van der Waals surface area contributed by atoms with E-state index in [4.69, 9.17) is 5.26 Å². The van der Waals surface area contributed by atoms with E-state index in [2.05, 4.69) is 21.3 Å². The van der Waals surface area contributed by atoms with Gasteiger partial charge in [-0.3, -0.25) is 9.78 Å². The summed E-state index contributed by atoms with van der Waals surface area (Å²) in [7, 11) is 0. The molecule has 0 bridgehead atoms. The van der Waals surface area contributed by atoms with Gasteiger partial charge in [-0.05, 0) is 43.5 Å². The summed E-state index contributed by atoms with van der Waals surface area (Å²) >= 11 is 0. The molecule has 1 aromatic heterocycles. The fourth-order valence-corrected chi connectivity index (χ4v) is 2.75. The Hall–Kier alpha value is -2.87. The molecule has 0 radical (unpaired) electrons. The van der Waals surface area contributed by atoms with Crippen LogP contribution in [-0.4, -0.2) is 24.0 Å². The lowest BCUT2D eigenvalue weighted by atomic mass is 10.1. The van der Waals surface area contributed by atoms with E-state index in [1.54, 1.807) is 36.7 Å². The molecular formula is C18H18N4O. The van der Waals surface area contributed by atoms with Crippen LogP contribution in [0.1, 0.15) is 35.2 Å². The van der Waals surface area contributed by atoms with Crippen LogP contribution in [0.3, 0.4) is 0 Å². The Balaban J connectivity index is 1.75. The van der Waals surface area contributed by atoms with Gasteiger partial charge in [-0.2, -0.15) is 5.26 Å². The van der Waals surface area contributed by atoms with Gasteiger partial charge in [0.1, 0.15) is 0 Å². The van der Waals surface area contributed by atoms with Crippen LogP contribution in [-0.2, 0) is 0 Å². The molecule has 2 heterocycles. The van der Waals surface area contributed by atoms with E-state index in [0.717, 1.165) is 18.8 Å². The van der Waals surface area contributed by atoms with E-state index < -0.39 is 0 Å². The quantitative estimate of drug-likeness (QED) is 0.945. The van der Waals surface area contributed by atoms with Crippen molar-refractivity contribution < 1.29 is 4.79 Å². The molecule has 23 heavy (non-hydrogen) atoms. The van der Waals surface area contributed by atoms with Crippen molar-refractivity contribution in [2.24, 2.45) is 0 Å². The topological polar surface area (TPSA) is 69.0 Å². The van der Waals surface area contributed by atoms with Crippen LogP contribution in [0, 0.1) is 11.3 Å². The van der Waals surface area contributed by atoms with Gasteiger partial charge in [0.05, 0.1) is 29.1 Å². The number of aromatic nitrogens is 1. The van der Waals surface area contributed by atoms with Crippen molar-refractivity contribution in [1.29, 1.82) is 5.26 Å². The van der Waals surface area contributed by atoms with Crippen LogP contribution < -0.4 is 10.2 Å². The summed E-state index contributed by atoms with van der Waals surface area (Å²) in [5.74, 6) is -0.216. The largest absolute Gasteiger partial charge is 0.370 e. The van der Waals surface area contributed by atoms with Gasteiger partial charge in [0.15, 0.2) is 0 Å². The molecule has 2 aromatic rings. The fourth-order valence-electron chi connectivity index (χ4n) is 2.75. The second kappa shape index (κ2) is 6.93. The van der Waals surface area contributed by atoms with Gasteiger partial charge in [0, 0.05) is 25.0 Å². The molecule has 5 heteroatoms. The molecule has 1 N–H and O–H groups in total. The van der Waals surface area contributed by atoms with Gasteiger partial charge in [-0.15, -0.1) is 0 Å². The van der Waals surface area contributed by atoms with E-state index in [1.807, 2.05) is 6.07 Å². The number of hydrogen-bond donors (Lipinski definition) is 1. The number of nitriles is 1. The molecule has 1 aliphatic heterocycles. The minimum atomic E-state index is -0.216. The average molecular weight is 306 g/mol. The van der Waals surface area contributed by atoms with Gasteiger partial charge >= 0.3 is 0 Å². The smallest absolute Gasteiger partial charge is 0.257 e. The Bertz CT molecular complexity index is 745. The van der Waals surface area contributed by atoms with Gasteiger partial charge in [-0.25, -0.2) is 0 Å². The Kier molecular flexibility index (Phi) is 4.53. The molecule has 116 valence electrons. The molecule has 1 fully saturated rings. The van der Waals surface area contributed by atoms with Crippen molar-refractivity contribution in [3.63, 3.8) is 0 Å². The van der Waals surface area contributed by atoms with Crippen LogP contribution >= 0.6 is 0 Å². The maximum atomic E-state index is 12.4. The molecule has 1 aromatic carbocycles. The molecule has 0 spiro atoms. The number of carbonyl (C=O) groups is 1. The van der Waals surface area contributed by atoms with Crippen molar-refractivity contribution in [3.8, 4) is 6.07 Å². The SMILES string of the molecule is N#Cc1cccc(NC(=O)c2cncc(N3CCCCC3)c2)c1. The predicted molar refractivity (Wildman–Crippen MR) is 89.4 cm³/mol. The summed E-state index contributed by atoms with van der Waals surface area (Å²) in [6.07, 6.45) is 6.99. The first kappa shape index (κ1) is 15.0. The average Bonchev–Trinajstić information content (AvgIpc) is 2.63. The summed E-state index contributed by atoms with van der Waals surface area (Å²) in [5, 5.41) is 11.7. The van der Waals surface area contributed by atoms with E-state index in [0.29, 0.717) is 16.8 Å². The molecular weight excluding hydrogens is 288 g/mol. The number of amides is 1. The Morgan fingerprint density at radius 3 is 2.78 bits per heavy atom. The number of nitrogens with zero attached hydrogens (tertiary/aromatic N) is 3. The number of rotatable bonds is 3. The lowest BCUT2D eigenvalue weighted by Gasteiger charge is -2.28. The zero-order valence-corrected chi connectivity index (χ0v) is 12.8. The Morgan fingerprint density at radius 1 is 1.17 bits per heavy atom. The van der Waals surface area contributed by atoms with Crippen LogP contribution in [0.4, 0.5) is 11.4 Å². The number of piperidine rings is 1. The third-order valence-electron chi connectivity index (χ3n) is 3.96. The summed E-state index contributed by atoms with van der Waals surface area (Å²) in [6, 6.07) is 10.8. The highest BCUT2D eigenvalue weighted by molar-refractivity contribution is 6.04. The van der Waals surface area contributed by atoms with Crippen LogP contribution in [0.5, 0.6) is 0 Å². The fraction of sp³-hybridized carbons (Fsp3) is 0.278. The molecule has 1 aliphatic rings. The highest BCUT2D eigenvalue weighted by Crippen LogP contribution is 2.20. The third kappa shape index (κ3) is 3.67. The van der Waals surface area contributed by atoms with E-state index in [1.165, 1.54) is 19.3 Å². The molecule has 5 nitrogen and oxygen atoms in total. The number of benzene rings is 1. The van der Waals surface area contributed by atoms with Gasteiger partial charge < -0.3 is 10.2 Å². The second-order valence-electron chi connectivity index (χ2n) is 5.63. The van der Waals surface area contributed by atoms with Gasteiger partial charge in [0.25, 0.3) is 5.91 Å². The van der Waals surface area contributed by atoms with Crippen molar-refractivity contribution in [2.45, 2.75) is 19.3 Å². The molecule has 1 saturated heterocycles. The molecule has 0 aliphatic carbocycles. The molecule has 1 amide bonds. The maximum Gasteiger partial charge on any atom is 0.257 e. The van der Waals surface area contributed by atoms with Crippen LogP contribution in [0.2, 0.25) is 0 Å². The maximum absolute atomic E-state index is 12.4. The van der Waals surface area contributed by atoms with Crippen molar-refractivity contribution in [3.05, 3.63) is 53.9 Å².